The topological polar surface area (TPSA) is 38.3 Å². The van der Waals surface area contributed by atoms with Crippen LogP contribution in [0.5, 0.6) is 0 Å². The molecule has 0 saturated heterocycles. The molecule has 18 heavy (non-hydrogen) atoms. The molecule has 1 amide bonds. The van der Waals surface area contributed by atoms with Crippen LogP contribution in [-0.2, 0) is 9.53 Å². The number of nitrogens with one attached hydrogen (secondary N) is 1. The number of carbonyl (C=O) groups excluding carboxylic acids is 1. The van der Waals surface area contributed by atoms with Gasteiger partial charge in [0.1, 0.15) is 12.7 Å². The first-order valence-corrected chi connectivity index (χ1v) is 6.37. The molecule has 2 rings (SSSR count). The fourth-order valence-electron chi connectivity index (χ4n) is 2.78. The molecule has 0 heterocycles. The summed E-state index contributed by atoms with van der Waals surface area (Å²) in [5.41, 5.74) is 0. The SMILES string of the molecule is C[C@H](OCC(F)(F)F)C(=O)NC1[C@@H]2CCCC[C@@H]12. The van der Waals surface area contributed by atoms with E-state index < -0.39 is 24.8 Å². The lowest BCUT2D eigenvalue weighted by molar-refractivity contribution is -0.185. The van der Waals surface area contributed by atoms with Crippen molar-refractivity contribution in [2.75, 3.05) is 6.61 Å². The monoisotopic (exact) mass is 265 g/mol. The third-order valence-electron chi connectivity index (χ3n) is 3.83. The predicted octanol–water partition coefficient (Wildman–Crippen LogP) is 2.26. The van der Waals surface area contributed by atoms with E-state index in [0.717, 1.165) is 12.8 Å². The Labute approximate surface area is 104 Å². The Hall–Kier alpha value is -0.780. The summed E-state index contributed by atoms with van der Waals surface area (Å²) in [6.07, 6.45) is -0.821. The molecule has 104 valence electrons. The average molecular weight is 265 g/mol. The summed E-state index contributed by atoms with van der Waals surface area (Å²) >= 11 is 0. The number of alkyl halides is 3. The molecule has 0 aromatic heterocycles. The Morgan fingerprint density at radius 2 is 1.89 bits per heavy atom. The lowest BCUT2D eigenvalue weighted by atomic mass is 10.0. The van der Waals surface area contributed by atoms with E-state index in [1.165, 1.54) is 19.8 Å². The first-order valence-electron chi connectivity index (χ1n) is 6.37. The third kappa shape index (κ3) is 3.37. The van der Waals surface area contributed by atoms with Crippen LogP contribution in [0.15, 0.2) is 0 Å². The van der Waals surface area contributed by atoms with Gasteiger partial charge in [-0.05, 0) is 31.6 Å². The molecule has 2 fully saturated rings. The highest BCUT2D eigenvalue weighted by molar-refractivity contribution is 5.81. The molecule has 0 aromatic carbocycles. The molecule has 2 saturated carbocycles. The number of hydrogen-bond donors (Lipinski definition) is 1. The van der Waals surface area contributed by atoms with Gasteiger partial charge >= 0.3 is 6.18 Å². The summed E-state index contributed by atoms with van der Waals surface area (Å²) in [5, 5.41) is 2.80. The Bertz CT molecular complexity index is 307. The largest absolute Gasteiger partial charge is 0.411 e. The Morgan fingerprint density at radius 1 is 1.33 bits per heavy atom. The Morgan fingerprint density at radius 3 is 2.39 bits per heavy atom. The number of fused-ring (bicyclic) bond motifs is 1. The van der Waals surface area contributed by atoms with Crippen molar-refractivity contribution in [3.63, 3.8) is 0 Å². The quantitative estimate of drug-likeness (QED) is 0.846. The van der Waals surface area contributed by atoms with Crippen LogP contribution in [-0.4, -0.2) is 30.8 Å². The van der Waals surface area contributed by atoms with Crippen molar-refractivity contribution in [2.45, 2.75) is 50.9 Å². The van der Waals surface area contributed by atoms with Gasteiger partial charge in [0.2, 0.25) is 5.91 Å². The summed E-state index contributed by atoms with van der Waals surface area (Å²) in [4.78, 5) is 11.7. The van der Waals surface area contributed by atoms with Crippen LogP contribution in [0.2, 0.25) is 0 Å². The van der Waals surface area contributed by atoms with Gasteiger partial charge in [-0.2, -0.15) is 13.2 Å². The molecular weight excluding hydrogens is 247 g/mol. The number of amides is 1. The number of ether oxygens (including phenoxy) is 1. The van der Waals surface area contributed by atoms with Crippen molar-refractivity contribution in [1.29, 1.82) is 0 Å². The average Bonchev–Trinajstić information content (AvgIpc) is 2.99. The van der Waals surface area contributed by atoms with Crippen LogP contribution in [0.1, 0.15) is 32.6 Å². The molecule has 0 aromatic rings. The molecule has 0 aliphatic heterocycles. The number of rotatable bonds is 4. The summed E-state index contributed by atoms with van der Waals surface area (Å²) in [7, 11) is 0. The highest BCUT2D eigenvalue weighted by Crippen LogP contribution is 2.49. The molecule has 0 spiro atoms. The highest BCUT2D eigenvalue weighted by Gasteiger charge is 2.51. The van der Waals surface area contributed by atoms with E-state index in [0.29, 0.717) is 11.8 Å². The molecule has 0 unspecified atom stereocenters. The highest BCUT2D eigenvalue weighted by atomic mass is 19.4. The van der Waals surface area contributed by atoms with E-state index in [-0.39, 0.29) is 6.04 Å². The van der Waals surface area contributed by atoms with Crippen LogP contribution in [0.4, 0.5) is 13.2 Å². The Kier molecular flexibility index (Phi) is 3.84. The van der Waals surface area contributed by atoms with Crippen molar-refractivity contribution >= 4 is 5.91 Å². The zero-order valence-corrected chi connectivity index (χ0v) is 10.3. The Balaban J connectivity index is 1.71. The fourth-order valence-corrected chi connectivity index (χ4v) is 2.78. The fraction of sp³-hybridized carbons (Fsp3) is 0.917. The maximum absolute atomic E-state index is 11.9. The van der Waals surface area contributed by atoms with Crippen molar-refractivity contribution in [3.8, 4) is 0 Å². The van der Waals surface area contributed by atoms with Gasteiger partial charge < -0.3 is 10.1 Å². The molecule has 2 aliphatic rings. The minimum Gasteiger partial charge on any atom is -0.359 e. The molecule has 3 atom stereocenters. The molecule has 6 heteroatoms. The van der Waals surface area contributed by atoms with E-state index in [4.69, 9.17) is 0 Å². The van der Waals surface area contributed by atoms with Gasteiger partial charge in [-0.15, -0.1) is 0 Å². The molecule has 1 N–H and O–H groups in total. The number of halogens is 3. The van der Waals surface area contributed by atoms with Crippen LogP contribution < -0.4 is 5.32 Å². The first-order chi connectivity index (χ1) is 8.38. The number of hydrogen-bond acceptors (Lipinski definition) is 2. The van der Waals surface area contributed by atoms with E-state index in [1.54, 1.807) is 0 Å². The van der Waals surface area contributed by atoms with Gasteiger partial charge in [-0.1, -0.05) is 12.8 Å². The summed E-state index contributed by atoms with van der Waals surface area (Å²) in [5.74, 6) is 0.647. The normalized spacial score (nSPS) is 32.6. The van der Waals surface area contributed by atoms with Gasteiger partial charge in [0, 0.05) is 6.04 Å². The van der Waals surface area contributed by atoms with E-state index in [2.05, 4.69) is 10.1 Å². The summed E-state index contributed by atoms with van der Waals surface area (Å²) in [6.45, 7) is -0.0216. The van der Waals surface area contributed by atoms with Crippen molar-refractivity contribution in [2.24, 2.45) is 11.8 Å². The van der Waals surface area contributed by atoms with E-state index in [1.807, 2.05) is 0 Å². The standard InChI is InChI=1S/C12H18F3NO2/c1-7(18-6-12(13,14)15)11(17)16-10-8-4-2-3-5-9(8)10/h7-10H,2-6H2,1H3,(H,16,17)/t7-,8+,9+/m0/s1. The lowest BCUT2D eigenvalue weighted by Gasteiger charge is -2.14. The minimum atomic E-state index is -4.39. The second-order valence-electron chi connectivity index (χ2n) is 5.21. The molecule has 3 nitrogen and oxygen atoms in total. The van der Waals surface area contributed by atoms with Gasteiger partial charge in [0.05, 0.1) is 0 Å². The van der Waals surface area contributed by atoms with Gasteiger partial charge in [-0.25, -0.2) is 0 Å². The van der Waals surface area contributed by atoms with Crippen molar-refractivity contribution in [1.82, 2.24) is 5.32 Å². The molecule has 2 aliphatic carbocycles. The lowest BCUT2D eigenvalue weighted by Crippen LogP contribution is -2.38. The van der Waals surface area contributed by atoms with Gasteiger partial charge in [-0.3, -0.25) is 4.79 Å². The summed E-state index contributed by atoms with van der Waals surface area (Å²) in [6, 6.07) is 0.164. The minimum absolute atomic E-state index is 0.164. The van der Waals surface area contributed by atoms with Crippen LogP contribution in [0, 0.1) is 11.8 Å². The second-order valence-corrected chi connectivity index (χ2v) is 5.21. The first kappa shape index (κ1) is 13.6. The smallest absolute Gasteiger partial charge is 0.359 e. The van der Waals surface area contributed by atoms with E-state index >= 15 is 0 Å². The maximum atomic E-state index is 11.9. The van der Waals surface area contributed by atoms with Gasteiger partial charge in [0.15, 0.2) is 0 Å². The van der Waals surface area contributed by atoms with E-state index in [9.17, 15) is 18.0 Å². The van der Waals surface area contributed by atoms with Crippen LogP contribution in [0.25, 0.3) is 0 Å². The van der Waals surface area contributed by atoms with Crippen LogP contribution >= 0.6 is 0 Å². The van der Waals surface area contributed by atoms with Crippen LogP contribution in [0.3, 0.4) is 0 Å². The third-order valence-corrected chi connectivity index (χ3v) is 3.83. The van der Waals surface area contributed by atoms with Crippen molar-refractivity contribution < 1.29 is 22.7 Å². The molecule has 0 radical (unpaired) electrons. The molecule has 0 bridgehead atoms. The zero-order valence-electron chi connectivity index (χ0n) is 10.3. The van der Waals surface area contributed by atoms with Crippen molar-refractivity contribution in [3.05, 3.63) is 0 Å². The maximum Gasteiger partial charge on any atom is 0.411 e. The molecular formula is C12H18F3NO2. The second kappa shape index (κ2) is 5.07. The zero-order chi connectivity index (χ0) is 13.3. The van der Waals surface area contributed by atoms with Gasteiger partial charge in [0.25, 0.3) is 0 Å². The predicted molar refractivity (Wildman–Crippen MR) is 58.8 cm³/mol. The number of carbonyl (C=O) groups is 1. The summed E-state index contributed by atoms with van der Waals surface area (Å²) < 4.78 is 40.3.